The lowest BCUT2D eigenvalue weighted by molar-refractivity contribution is -0.135. The maximum atomic E-state index is 11.7. The third kappa shape index (κ3) is 3.32. The molecule has 102 valence electrons. The fourth-order valence-corrected chi connectivity index (χ4v) is 2.22. The fourth-order valence-electron chi connectivity index (χ4n) is 2.22. The van der Waals surface area contributed by atoms with Gasteiger partial charge in [0.05, 0.1) is 0 Å². The number of amides is 1. The number of hydrogen-bond donors (Lipinski definition) is 0. The molecule has 0 aliphatic carbocycles. The molecule has 19 heavy (non-hydrogen) atoms. The number of ether oxygens (including phenoxy) is 1. The molecule has 0 radical (unpaired) electrons. The minimum Gasteiger partial charge on any atom is -0.375 e. The van der Waals surface area contributed by atoms with Gasteiger partial charge < -0.3 is 14.5 Å². The SMILES string of the molecule is COCC(=O)N1CCN(c2cccc(C=O)c2)CC1. The molecule has 5 heteroatoms. The van der Waals surface area contributed by atoms with Gasteiger partial charge in [-0.1, -0.05) is 12.1 Å². The predicted octanol–water partition coefficient (Wildman–Crippen LogP) is 0.794. The molecule has 1 aliphatic rings. The van der Waals surface area contributed by atoms with Crippen LogP contribution in [0.15, 0.2) is 24.3 Å². The van der Waals surface area contributed by atoms with Crippen molar-refractivity contribution in [3.05, 3.63) is 29.8 Å². The van der Waals surface area contributed by atoms with Crippen LogP contribution in [0.25, 0.3) is 0 Å². The van der Waals surface area contributed by atoms with Gasteiger partial charge in [-0.3, -0.25) is 9.59 Å². The molecule has 0 spiro atoms. The third-order valence-corrected chi connectivity index (χ3v) is 3.27. The van der Waals surface area contributed by atoms with E-state index in [1.165, 1.54) is 7.11 Å². The molecule has 0 aromatic heterocycles. The van der Waals surface area contributed by atoms with Gasteiger partial charge in [0.15, 0.2) is 0 Å². The molecule has 1 aliphatic heterocycles. The van der Waals surface area contributed by atoms with Crippen LogP contribution >= 0.6 is 0 Å². The van der Waals surface area contributed by atoms with E-state index in [4.69, 9.17) is 4.74 Å². The van der Waals surface area contributed by atoms with Crippen LogP contribution < -0.4 is 4.90 Å². The molecule has 1 heterocycles. The first-order chi connectivity index (χ1) is 9.24. The smallest absolute Gasteiger partial charge is 0.248 e. The Morgan fingerprint density at radius 2 is 2.05 bits per heavy atom. The molecule has 1 aromatic carbocycles. The Labute approximate surface area is 112 Å². The predicted molar refractivity (Wildman–Crippen MR) is 72.5 cm³/mol. The lowest BCUT2D eigenvalue weighted by Crippen LogP contribution is -2.49. The Bertz CT molecular complexity index is 454. The molecular weight excluding hydrogens is 244 g/mol. The average molecular weight is 262 g/mol. The minimum atomic E-state index is 0.0313. The first kappa shape index (κ1) is 13.5. The lowest BCUT2D eigenvalue weighted by atomic mass is 10.2. The molecule has 1 aromatic rings. The van der Waals surface area contributed by atoms with Gasteiger partial charge >= 0.3 is 0 Å². The van der Waals surface area contributed by atoms with Crippen LogP contribution in [0.5, 0.6) is 0 Å². The summed E-state index contributed by atoms with van der Waals surface area (Å²) >= 11 is 0. The minimum absolute atomic E-state index is 0.0313. The van der Waals surface area contributed by atoms with E-state index in [0.29, 0.717) is 18.7 Å². The zero-order valence-electron chi connectivity index (χ0n) is 11.0. The largest absolute Gasteiger partial charge is 0.375 e. The van der Waals surface area contributed by atoms with Gasteiger partial charge in [-0.25, -0.2) is 0 Å². The van der Waals surface area contributed by atoms with Gasteiger partial charge in [-0.15, -0.1) is 0 Å². The molecule has 0 N–H and O–H groups in total. The van der Waals surface area contributed by atoms with Crippen molar-refractivity contribution in [2.45, 2.75) is 0 Å². The molecule has 1 amide bonds. The summed E-state index contributed by atoms with van der Waals surface area (Å²) in [7, 11) is 1.53. The Hall–Kier alpha value is -1.88. The van der Waals surface area contributed by atoms with Crippen LogP contribution in [0.4, 0.5) is 5.69 Å². The fraction of sp³-hybridized carbons (Fsp3) is 0.429. The van der Waals surface area contributed by atoms with Crippen LogP contribution in [-0.4, -0.2) is 57.0 Å². The Morgan fingerprint density at radius 1 is 1.32 bits per heavy atom. The first-order valence-electron chi connectivity index (χ1n) is 6.31. The van der Waals surface area contributed by atoms with Crippen LogP contribution in [0.3, 0.4) is 0 Å². The summed E-state index contributed by atoms with van der Waals surface area (Å²) in [5, 5.41) is 0. The summed E-state index contributed by atoms with van der Waals surface area (Å²) in [5.41, 5.74) is 1.71. The van der Waals surface area contributed by atoms with Crippen molar-refractivity contribution in [3.8, 4) is 0 Å². The van der Waals surface area contributed by atoms with E-state index in [1.807, 2.05) is 23.1 Å². The third-order valence-electron chi connectivity index (χ3n) is 3.27. The number of nitrogens with zero attached hydrogens (tertiary/aromatic N) is 2. The van der Waals surface area contributed by atoms with Crippen LogP contribution in [-0.2, 0) is 9.53 Å². The summed E-state index contributed by atoms with van der Waals surface area (Å²) in [5.74, 6) is 0.0313. The Morgan fingerprint density at radius 3 is 2.68 bits per heavy atom. The highest BCUT2D eigenvalue weighted by molar-refractivity contribution is 5.78. The lowest BCUT2D eigenvalue weighted by Gasteiger charge is -2.36. The first-order valence-corrected chi connectivity index (χ1v) is 6.31. The second-order valence-corrected chi connectivity index (χ2v) is 4.51. The highest BCUT2D eigenvalue weighted by atomic mass is 16.5. The van der Waals surface area contributed by atoms with E-state index in [-0.39, 0.29) is 12.5 Å². The number of hydrogen-bond acceptors (Lipinski definition) is 4. The van der Waals surface area contributed by atoms with Gasteiger partial charge in [-0.05, 0) is 12.1 Å². The number of rotatable bonds is 4. The molecule has 0 saturated carbocycles. The molecule has 2 rings (SSSR count). The monoisotopic (exact) mass is 262 g/mol. The molecule has 1 saturated heterocycles. The number of aldehydes is 1. The van der Waals surface area contributed by atoms with E-state index in [2.05, 4.69) is 4.90 Å². The van der Waals surface area contributed by atoms with Crippen molar-refractivity contribution in [1.29, 1.82) is 0 Å². The zero-order valence-corrected chi connectivity index (χ0v) is 11.0. The van der Waals surface area contributed by atoms with Crippen LogP contribution in [0.1, 0.15) is 10.4 Å². The van der Waals surface area contributed by atoms with E-state index in [9.17, 15) is 9.59 Å². The van der Waals surface area contributed by atoms with Crippen molar-refractivity contribution < 1.29 is 14.3 Å². The van der Waals surface area contributed by atoms with E-state index in [1.54, 1.807) is 6.07 Å². The number of carbonyl (C=O) groups excluding carboxylic acids is 2. The molecule has 0 unspecified atom stereocenters. The van der Waals surface area contributed by atoms with Gasteiger partial charge in [-0.2, -0.15) is 0 Å². The summed E-state index contributed by atoms with van der Waals surface area (Å²) in [4.78, 5) is 26.4. The maximum absolute atomic E-state index is 11.7. The second-order valence-electron chi connectivity index (χ2n) is 4.51. The highest BCUT2D eigenvalue weighted by Crippen LogP contribution is 2.17. The molecule has 0 atom stereocenters. The van der Waals surface area contributed by atoms with Gasteiger partial charge in [0.1, 0.15) is 12.9 Å². The molecular formula is C14H18N2O3. The molecule has 1 fully saturated rings. The van der Waals surface area contributed by atoms with Crippen LogP contribution in [0, 0.1) is 0 Å². The topological polar surface area (TPSA) is 49.9 Å². The standard InChI is InChI=1S/C14H18N2O3/c1-19-11-14(18)16-7-5-15(6-8-16)13-4-2-3-12(9-13)10-17/h2-4,9-10H,5-8,11H2,1H3. The van der Waals surface area contributed by atoms with E-state index >= 15 is 0 Å². The van der Waals surface area contributed by atoms with Crippen molar-refractivity contribution in [3.63, 3.8) is 0 Å². The molecule has 0 bridgehead atoms. The summed E-state index contributed by atoms with van der Waals surface area (Å²) < 4.78 is 4.85. The summed E-state index contributed by atoms with van der Waals surface area (Å²) in [6, 6.07) is 7.52. The van der Waals surface area contributed by atoms with Crippen molar-refractivity contribution in [2.24, 2.45) is 0 Å². The van der Waals surface area contributed by atoms with Gasteiger partial charge in [0.25, 0.3) is 0 Å². The van der Waals surface area contributed by atoms with Gasteiger partial charge in [0, 0.05) is 44.5 Å². The van der Waals surface area contributed by atoms with Crippen LogP contribution in [0.2, 0.25) is 0 Å². The number of piperazine rings is 1. The van der Waals surface area contributed by atoms with Crippen molar-refractivity contribution in [2.75, 3.05) is 44.8 Å². The average Bonchev–Trinajstić information content (AvgIpc) is 2.48. The van der Waals surface area contributed by atoms with Crippen molar-refractivity contribution in [1.82, 2.24) is 4.90 Å². The van der Waals surface area contributed by atoms with E-state index in [0.717, 1.165) is 25.1 Å². The quantitative estimate of drug-likeness (QED) is 0.753. The Kier molecular flexibility index (Phi) is 4.52. The van der Waals surface area contributed by atoms with Crippen molar-refractivity contribution >= 4 is 17.9 Å². The zero-order chi connectivity index (χ0) is 13.7. The maximum Gasteiger partial charge on any atom is 0.248 e. The summed E-state index contributed by atoms with van der Waals surface area (Å²) in [6.07, 6.45) is 0.849. The number of anilines is 1. The highest BCUT2D eigenvalue weighted by Gasteiger charge is 2.20. The second kappa shape index (κ2) is 6.33. The Balaban J connectivity index is 1.95. The number of benzene rings is 1. The van der Waals surface area contributed by atoms with E-state index < -0.39 is 0 Å². The summed E-state index contributed by atoms with van der Waals surface area (Å²) in [6.45, 7) is 3.07. The normalized spacial score (nSPS) is 15.4. The number of methoxy groups -OCH3 is 1. The van der Waals surface area contributed by atoms with Gasteiger partial charge in [0.2, 0.25) is 5.91 Å². The molecule has 5 nitrogen and oxygen atoms in total. The number of carbonyl (C=O) groups is 2.